The van der Waals surface area contributed by atoms with Gasteiger partial charge in [-0.15, -0.1) is 0 Å². The van der Waals surface area contributed by atoms with E-state index in [9.17, 15) is 4.79 Å². The van der Waals surface area contributed by atoms with Crippen molar-refractivity contribution in [3.05, 3.63) is 0 Å². The maximum atomic E-state index is 9.60. The molecule has 2 nitrogen and oxygen atoms in total. The molecule has 0 spiro atoms. The summed E-state index contributed by atoms with van der Waals surface area (Å²) in [6.07, 6.45) is 9.90. The zero-order valence-electron chi connectivity index (χ0n) is 13.7. The third-order valence-electron chi connectivity index (χ3n) is 3.36. The summed E-state index contributed by atoms with van der Waals surface area (Å²) in [5.74, 6) is -0.711. The van der Waals surface area contributed by atoms with Gasteiger partial charge in [0, 0.05) is 6.42 Å². The fraction of sp³-hybridized carbons (Fsp3) is 0.938. The van der Waals surface area contributed by atoms with Gasteiger partial charge in [0.1, 0.15) is 0 Å². The first-order valence-corrected chi connectivity index (χ1v) is 15.3. The Morgan fingerprint density at radius 1 is 0.789 bits per heavy atom. The third-order valence-corrected chi connectivity index (χ3v) is 13.8. The minimum atomic E-state index is -0.967. The summed E-state index contributed by atoms with van der Waals surface area (Å²) in [4.78, 5) is 9.60. The first-order valence-electron chi connectivity index (χ1n) is 8.33. The van der Waals surface area contributed by atoms with Crippen LogP contribution in [0.4, 0.5) is 0 Å². The summed E-state index contributed by atoms with van der Waals surface area (Å²) in [6.45, 7) is 8.85. The van der Waals surface area contributed by atoms with Crippen LogP contribution in [0.15, 0.2) is 0 Å². The Labute approximate surface area is 128 Å². The zero-order valence-corrected chi connectivity index (χ0v) is 17.0. The van der Waals surface area contributed by atoms with Gasteiger partial charge in [-0.25, -0.2) is 0 Å². The Morgan fingerprint density at radius 3 is 1.32 bits per heavy atom. The number of carbonyl (C=O) groups is 1. The Bertz CT molecular complexity index is 165. The van der Waals surface area contributed by atoms with E-state index in [1.807, 2.05) is 6.92 Å². The summed E-state index contributed by atoms with van der Waals surface area (Å²) in [5, 5.41) is 7.91. The van der Waals surface area contributed by atoms with Crippen LogP contribution in [-0.4, -0.2) is 30.8 Å². The second-order valence-electron chi connectivity index (χ2n) is 5.44. The second kappa shape index (κ2) is 18.3. The number of unbranched alkanes of at least 4 members (excludes halogenated alkanes) is 3. The van der Waals surface area contributed by atoms with Crippen molar-refractivity contribution >= 4 is 25.7 Å². The van der Waals surface area contributed by atoms with Gasteiger partial charge in [-0.1, -0.05) is 6.92 Å². The van der Waals surface area contributed by atoms with Crippen molar-refractivity contribution in [2.24, 2.45) is 0 Å². The first kappa shape index (κ1) is 21.6. The van der Waals surface area contributed by atoms with Crippen LogP contribution in [0.1, 0.15) is 79.1 Å². The van der Waals surface area contributed by atoms with Crippen LogP contribution in [0.25, 0.3) is 0 Å². The molecule has 0 unspecified atom stereocenters. The standard InChI is InChI=1S/C4H8O2.3C4H9.Sn.H/c1-2-3-4(5)6;3*1-3-4-2;;/h2-3H2,1H3,(H,5,6);3*1,3-4H2,2H3;;. The molecule has 0 aromatic heterocycles. The fourth-order valence-electron chi connectivity index (χ4n) is 2.13. The van der Waals surface area contributed by atoms with Crippen molar-refractivity contribution in [1.29, 1.82) is 0 Å². The van der Waals surface area contributed by atoms with E-state index in [0.29, 0.717) is 6.42 Å². The number of aliphatic carboxylic acids is 1. The van der Waals surface area contributed by atoms with Gasteiger partial charge in [-0.3, -0.25) is 4.79 Å². The van der Waals surface area contributed by atoms with E-state index in [-0.39, 0.29) is 0 Å². The topological polar surface area (TPSA) is 37.3 Å². The molecule has 0 fully saturated rings. The van der Waals surface area contributed by atoms with Gasteiger partial charge >= 0.3 is 98.3 Å². The van der Waals surface area contributed by atoms with Gasteiger partial charge < -0.3 is 5.11 Å². The van der Waals surface area contributed by atoms with E-state index in [2.05, 4.69) is 20.8 Å². The molecule has 0 radical (unpaired) electrons. The Kier molecular flexibility index (Phi) is 20.7. The molecule has 0 rings (SSSR count). The van der Waals surface area contributed by atoms with Gasteiger partial charge in [0.05, 0.1) is 0 Å². The van der Waals surface area contributed by atoms with Gasteiger partial charge in [-0.2, -0.15) is 0 Å². The predicted octanol–water partition coefficient (Wildman–Crippen LogP) is 5.48. The van der Waals surface area contributed by atoms with Crippen LogP contribution in [0.3, 0.4) is 0 Å². The van der Waals surface area contributed by atoms with Gasteiger partial charge in [-0.05, 0) is 6.42 Å². The van der Waals surface area contributed by atoms with Gasteiger partial charge in [0.2, 0.25) is 0 Å². The molecule has 1 N–H and O–H groups in total. The van der Waals surface area contributed by atoms with Crippen LogP contribution in [0.2, 0.25) is 13.3 Å². The molecule has 116 valence electrons. The van der Waals surface area contributed by atoms with Crippen molar-refractivity contribution < 1.29 is 9.90 Å². The van der Waals surface area contributed by atoms with E-state index in [1.165, 1.54) is 38.5 Å². The number of hydrogen-bond donors (Lipinski definition) is 1. The molecule has 0 saturated heterocycles. The monoisotopic (exact) mass is 380 g/mol. The molecule has 0 heterocycles. The third kappa shape index (κ3) is 20.7. The number of rotatable bonds is 11. The molecule has 0 amide bonds. The normalized spacial score (nSPS) is 10.2. The molecule has 0 aromatic carbocycles. The average Bonchev–Trinajstić information content (AvgIpc) is 2.38. The summed E-state index contributed by atoms with van der Waals surface area (Å²) < 4.78 is 5.08. The molecule has 0 atom stereocenters. The minimum absolute atomic E-state index is 0.292. The Hall–Kier alpha value is 0.269. The number of carboxylic acids is 1. The molecule has 0 aromatic rings. The maximum absolute atomic E-state index is 9.60. The summed E-state index contributed by atoms with van der Waals surface area (Å²) in [6, 6.07) is 0. The molecule has 0 aliphatic carbocycles. The van der Waals surface area contributed by atoms with Gasteiger partial charge in [0.25, 0.3) is 0 Å². The number of carboxylic acid groups (broad SMARTS) is 1. The van der Waals surface area contributed by atoms with Crippen LogP contribution in [-0.2, 0) is 4.79 Å². The average molecular weight is 379 g/mol. The van der Waals surface area contributed by atoms with E-state index >= 15 is 0 Å². The Morgan fingerprint density at radius 2 is 1.16 bits per heavy atom. The Balaban J connectivity index is 0. The van der Waals surface area contributed by atoms with E-state index in [0.717, 1.165) is 6.42 Å². The summed E-state index contributed by atoms with van der Waals surface area (Å²) in [7, 11) is 0. The quantitative estimate of drug-likeness (QED) is 0.483. The SMILES string of the molecule is CCCC(=O)O.CCC[CH2][SnH]([CH2]CCC)[CH2]CCC. The molecule has 3 heteroatoms. The van der Waals surface area contributed by atoms with Crippen molar-refractivity contribution in [3.8, 4) is 0 Å². The molecule has 0 aliphatic rings. The van der Waals surface area contributed by atoms with Crippen molar-refractivity contribution in [3.63, 3.8) is 0 Å². The zero-order chi connectivity index (χ0) is 14.9. The van der Waals surface area contributed by atoms with E-state index in [4.69, 9.17) is 5.11 Å². The molecule has 0 aliphatic heterocycles. The van der Waals surface area contributed by atoms with Crippen molar-refractivity contribution in [2.45, 2.75) is 92.4 Å². The number of hydrogen-bond acceptors (Lipinski definition) is 1. The molecule has 0 bridgehead atoms. The predicted molar refractivity (Wildman–Crippen MR) is 88.8 cm³/mol. The summed E-state index contributed by atoms with van der Waals surface area (Å²) >= 11 is -0.967. The second-order valence-corrected chi connectivity index (χ2v) is 15.3. The van der Waals surface area contributed by atoms with E-state index in [1.54, 1.807) is 13.3 Å². The van der Waals surface area contributed by atoms with Crippen LogP contribution in [0, 0.1) is 0 Å². The van der Waals surface area contributed by atoms with Gasteiger partial charge in [0.15, 0.2) is 0 Å². The summed E-state index contributed by atoms with van der Waals surface area (Å²) in [5.41, 5.74) is 0. The van der Waals surface area contributed by atoms with Crippen LogP contribution >= 0.6 is 0 Å². The molecular formula is C16H36O2Sn. The van der Waals surface area contributed by atoms with Crippen molar-refractivity contribution in [1.82, 2.24) is 0 Å². The van der Waals surface area contributed by atoms with Crippen molar-refractivity contribution in [2.75, 3.05) is 0 Å². The first-order chi connectivity index (χ1) is 9.12. The molecular weight excluding hydrogens is 343 g/mol. The fourth-order valence-corrected chi connectivity index (χ4v) is 13.0. The van der Waals surface area contributed by atoms with E-state index < -0.39 is 25.7 Å². The molecule has 19 heavy (non-hydrogen) atoms. The van der Waals surface area contributed by atoms with Crippen LogP contribution in [0.5, 0.6) is 0 Å². The van der Waals surface area contributed by atoms with Crippen LogP contribution < -0.4 is 0 Å². The molecule has 0 saturated carbocycles.